The Morgan fingerprint density at radius 1 is 1.35 bits per heavy atom. The molecule has 1 atom stereocenters. The third-order valence-electron chi connectivity index (χ3n) is 2.33. The van der Waals surface area contributed by atoms with Crippen LogP contribution in [0.2, 0.25) is 0 Å². The summed E-state index contributed by atoms with van der Waals surface area (Å²) in [6.45, 7) is 6.51. The van der Waals surface area contributed by atoms with Gasteiger partial charge in [-0.2, -0.15) is 12.6 Å². The fourth-order valence-corrected chi connectivity index (χ4v) is 1.38. The molecule has 1 unspecified atom stereocenters. The molecule has 3 nitrogen and oxygen atoms in total. The molecule has 0 radical (unpaired) electrons. The lowest BCUT2D eigenvalue weighted by atomic mass is 10.1. The molecule has 0 bridgehead atoms. The number of carbonyl (C=O) groups excluding carboxylic acids is 1. The largest absolute Gasteiger partial charge is 0.494 e. The van der Waals surface area contributed by atoms with Gasteiger partial charge in [0.1, 0.15) is 5.75 Å². The minimum Gasteiger partial charge on any atom is -0.494 e. The van der Waals surface area contributed by atoms with Crippen LogP contribution in [0, 0.1) is 5.92 Å². The van der Waals surface area contributed by atoms with Crippen molar-refractivity contribution in [3.8, 4) is 5.75 Å². The first-order chi connectivity index (χ1) is 8.04. The van der Waals surface area contributed by atoms with Crippen LogP contribution in [-0.4, -0.2) is 17.8 Å². The van der Waals surface area contributed by atoms with Gasteiger partial charge in [-0.15, -0.1) is 0 Å². The lowest BCUT2D eigenvalue weighted by molar-refractivity contribution is -0.116. The van der Waals surface area contributed by atoms with Crippen molar-refractivity contribution in [1.82, 2.24) is 0 Å². The van der Waals surface area contributed by atoms with Gasteiger partial charge in [-0.3, -0.25) is 4.79 Å². The van der Waals surface area contributed by atoms with E-state index in [9.17, 15) is 4.79 Å². The number of anilines is 1. The van der Waals surface area contributed by atoms with E-state index in [1.165, 1.54) is 0 Å². The average Bonchev–Trinajstić information content (AvgIpc) is 2.30. The standard InChI is InChI=1S/C13H19NO2S/c1-4-16-11-7-5-10(6-8-11)14-13(15)12(17)9(2)3/h5-9,12,17H,4H2,1-3H3,(H,14,15). The first kappa shape index (κ1) is 13.9. The lowest BCUT2D eigenvalue weighted by Gasteiger charge is -2.14. The highest BCUT2D eigenvalue weighted by Gasteiger charge is 2.17. The summed E-state index contributed by atoms with van der Waals surface area (Å²) in [5, 5.41) is 2.53. The number of rotatable bonds is 5. The number of hydrogen-bond acceptors (Lipinski definition) is 3. The third kappa shape index (κ3) is 4.30. The van der Waals surface area contributed by atoms with Gasteiger partial charge in [-0.05, 0) is 37.1 Å². The highest BCUT2D eigenvalue weighted by atomic mass is 32.1. The maximum absolute atomic E-state index is 11.7. The zero-order valence-electron chi connectivity index (χ0n) is 10.4. The van der Waals surface area contributed by atoms with Crippen LogP contribution in [0.5, 0.6) is 5.75 Å². The molecule has 17 heavy (non-hydrogen) atoms. The molecule has 0 aliphatic carbocycles. The van der Waals surface area contributed by atoms with Crippen LogP contribution in [0.1, 0.15) is 20.8 Å². The van der Waals surface area contributed by atoms with Crippen LogP contribution < -0.4 is 10.1 Å². The van der Waals surface area contributed by atoms with Crippen molar-refractivity contribution in [2.75, 3.05) is 11.9 Å². The zero-order chi connectivity index (χ0) is 12.8. The van der Waals surface area contributed by atoms with E-state index >= 15 is 0 Å². The van der Waals surface area contributed by atoms with Gasteiger partial charge in [0.15, 0.2) is 0 Å². The van der Waals surface area contributed by atoms with E-state index in [2.05, 4.69) is 17.9 Å². The van der Waals surface area contributed by atoms with Crippen molar-refractivity contribution < 1.29 is 9.53 Å². The molecule has 0 aliphatic rings. The van der Waals surface area contributed by atoms with Crippen LogP contribution in [0.15, 0.2) is 24.3 Å². The Morgan fingerprint density at radius 2 is 1.94 bits per heavy atom. The zero-order valence-corrected chi connectivity index (χ0v) is 11.3. The molecule has 94 valence electrons. The van der Waals surface area contributed by atoms with Gasteiger partial charge in [-0.25, -0.2) is 0 Å². The monoisotopic (exact) mass is 253 g/mol. The lowest BCUT2D eigenvalue weighted by Crippen LogP contribution is -2.27. The van der Waals surface area contributed by atoms with Crippen molar-refractivity contribution >= 4 is 24.2 Å². The summed E-state index contributed by atoms with van der Waals surface area (Å²) in [5.74, 6) is 0.935. The maximum Gasteiger partial charge on any atom is 0.237 e. The number of nitrogens with one attached hydrogen (secondary N) is 1. The summed E-state index contributed by atoms with van der Waals surface area (Å²) in [7, 11) is 0. The first-order valence-corrected chi connectivity index (χ1v) is 6.28. The molecular formula is C13H19NO2S. The smallest absolute Gasteiger partial charge is 0.237 e. The fraction of sp³-hybridized carbons (Fsp3) is 0.462. The summed E-state index contributed by atoms with van der Waals surface area (Å²) in [5.41, 5.74) is 0.762. The van der Waals surface area contributed by atoms with Gasteiger partial charge in [-0.1, -0.05) is 13.8 Å². The number of hydrogen-bond donors (Lipinski definition) is 2. The Morgan fingerprint density at radius 3 is 2.41 bits per heavy atom. The van der Waals surface area contributed by atoms with Crippen LogP contribution in [0.25, 0.3) is 0 Å². The normalized spacial score (nSPS) is 12.3. The second kappa shape index (κ2) is 6.55. The minimum atomic E-state index is -0.290. The van der Waals surface area contributed by atoms with E-state index in [-0.39, 0.29) is 17.1 Å². The highest BCUT2D eigenvalue weighted by Crippen LogP contribution is 2.17. The molecule has 4 heteroatoms. The van der Waals surface area contributed by atoms with Gasteiger partial charge in [0.05, 0.1) is 11.9 Å². The predicted molar refractivity (Wildman–Crippen MR) is 73.9 cm³/mol. The van der Waals surface area contributed by atoms with E-state index in [1.54, 1.807) is 0 Å². The molecule has 0 saturated carbocycles. The minimum absolute atomic E-state index is 0.0764. The molecule has 1 N–H and O–H groups in total. The number of ether oxygens (including phenoxy) is 1. The van der Waals surface area contributed by atoms with Crippen molar-refractivity contribution in [2.24, 2.45) is 5.92 Å². The van der Waals surface area contributed by atoms with Crippen molar-refractivity contribution in [3.63, 3.8) is 0 Å². The maximum atomic E-state index is 11.7. The topological polar surface area (TPSA) is 38.3 Å². The van der Waals surface area contributed by atoms with Crippen LogP contribution >= 0.6 is 12.6 Å². The van der Waals surface area contributed by atoms with E-state index in [1.807, 2.05) is 45.0 Å². The molecule has 0 aromatic heterocycles. The van der Waals surface area contributed by atoms with Gasteiger partial charge in [0.2, 0.25) is 5.91 Å². The van der Waals surface area contributed by atoms with Gasteiger partial charge in [0.25, 0.3) is 0 Å². The quantitative estimate of drug-likeness (QED) is 0.792. The van der Waals surface area contributed by atoms with E-state index < -0.39 is 0 Å². The molecule has 0 fully saturated rings. The first-order valence-electron chi connectivity index (χ1n) is 5.76. The molecule has 1 rings (SSSR count). The van der Waals surface area contributed by atoms with E-state index in [0.29, 0.717) is 6.61 Å². The Hall–Kier alpha value is -1.16. The fourth-order valence-electron chi connectivity index (χ4n) is 1.32. The van der Waals surface area contributed by atoms with Crippen LogP contribution in [-0.2, 0) is 4.79 Å². The molecule has 0 aliphatic heterocycles. The summed E-state index contributed by atoms with van der Waals surface area (Å²) >= 11 is 4.27. The highest BCUT2D eigenvalue weighted by molar-refractivity contribution is 7.81. The summed E-state index contributed by atoms with van der Waals surface area (Å²) in [6, 6.07) is 7.32. The number of thiol groups is 1. The molecule has 0 saturated heterocycles. The predicted octanol–water partition coefficient (Wildman–Crippen LogP) is 2.98. The van der Waals surface area contributed by atoms with Gasteiger partial charge in [0, 0.05) is 5.69 Å². The van der Waals surface area contributed by atoms with Crippen molar-refractivity contribution in [3.05, 3.63) is 24.3 Å². The van der Waals surface area contributed by atoms with Crippen molar-refractivity contribution in [1.29, 1.82) is 0 Å². The Bertz CT molecular complexity index is 362. The molecule has 1 aromatic carbocycles. The van der Waals surface area contributed by atoms with Gasteiger partial charge < -0.3 is 10.1 Å². The Labute approximate surface area is 108 Å². The third-order valence-corrected chi connectivity index (χ3v) is 3.16. The van der Waals surface area contributed by atoms with E-state index in [4.69, 9.17) is 4.74 Å². The number of carbonyl (C=O) groups is 1. The Kier molecular flexibility index (Phi) is 5.35. The average molecular weight is 253 g/mol. The van der Waals surface area contributed by atoms with E-state index in [0.717, 1.165) is 11.4 Å². The van der Waals surface area contributed by atoms with Crippen LogP contribution in [0.4, 0.5) is 5.69 Å². The molecule has 0 spiro atoms. The summed E-state index contributed by atoms with van der Waals surface area (Å²) in [6.07, 6.45) is 0. The second-order valence-corrected chi connectivity index (χ2v) is 4.69. The summed E-state index contributed by atoms with van der Waals surface area (Å²) in [4.78, 5) is 11.7. The molecular weight excluding hydrogens is 234 g/mol. The molecule has 1 aromatic rings. The molecule has 1 amide bonds. The Balaban J connectivity index is 2.60. The van der Waals surface area contributed by atoms with Crippen molar-refractivity contribution in [2.45, 2.75) is 26.0 Å². The second-order valence-electron chi connectivity index (χ2n) is 4.14. The SMILES string of the molecule is CCOc1ccc(NC(=O)C(S)C(C)C)cc1. The van der Waals surface area contributed by atoms with Crippen LogP contribution in [0.3, 0.4) is 0 Å². The number of amides is 1. The van der Waals surface area contributed by atoms with Gasteiger partial charge >= 0.3 is 0 Å². The number of benzene rings is 1. The summed E-state index contributed by atoms with van der Waals surface area (Å²) < 4.78 is 5.32. The molecule has 0 heterocycles.